The number of rotatable bonds is 2. The zero-order chi connectivity index (χ0) is 11.5. The molecule has 0 atom stereocenters. The Labute approximate surface area is 99.5 Å². The van der Waals surface area contributed by atoms with Gasteiger partial charge in [0.2, 0.25) is 11.8 Å². The molecule has 1 aliphatic heterocycles. The van der Waals surface area contributed by atoms with Crippen LogP contribution in [-0.4, -0.2) is 47.8 Å². The van der Waals surface area contributed by atoms with Crippen LogP contribution in [0.15, 0.2) is 4.52 Å². The number of halogens is 1. The first-order valence-electron chi connectivity index (χ1n) is 5.34. The minimum atomic E-state index is 0.00169. The van der Waals surface area contributed by atoms with Crippen molar-refractivity contribution >= 4 is 31.1 Å². The van der Waals surface area contributed by atoms with Crippen molar-refractivity contribution in [3.05, 3.63) is 5.89 Å². The van der Waals surface area contributed by atoms with Crippen LogP contribution < -0.4 is 5.72 Å². The zero-order valence-corrected chi connectivity index (χ0v) is 9.90. The van der Waals surface area contributed by atoms with E-state index in [1.54, 1.807) is 12.7 Å². The molecule has 0 radical (unpaired) electrons. The molecule has 2 rings (SSSR count). The monoisotopic (exact) mass is 241 g/mol. The molecular formula is C9H13BClN3O2. The van der Waals surface area contributed by atoms with Crippen LogP contribution in [0.5, 0.6) is 0 Å². The van der Waals surface area contributed by atoms with E-state index < -0.39 is 0 Å². The molecule has 2 heterocycles. The van der Waals surface area contributed by atoms with E-state index in [1.807, 2.05) is 0 Å². The SMILES string of the molecule is Bc1noc(C2CCN(C(=O)CCl)CC2)n1. The number of likely N-dealkylation sites (tertiary alicyclic amines) is 1. The Kier molecular flexibility index (Phi) is 3.48. The highest BCUT2D eigenvalue weighted by molar-refractivity contribution is 6.28. The van der Waals surface area contributed by atoms with Gasteiger partial charge >= 0.3 is 0 Å². The fourth-order valence-corrected chi connectivity index (χ4v) is 2.11. The highest BCUT2D eigenvalue weighted by atomic mass is 35.5. The third-order valence-corrected chi connectivity index (χ3v) is 3.08. The minimum absolute atomic E-state index is 0.00169. The van der Waals surface area contributed by atoms with Crippen molar-refractivity contribution < 1.29 is 9.32 Å². The van der Waals surface area contributed by atoms with Crippen LogP contribution in [0.4, 0.5) is 0 Å². The molecule has 0 saturated carbocycles. The van der Waals surface area contributed by atoms with Crippen LogP contribution in [-0.2, 0) is 4.79 Å². The molecule has 86 valence electrons. The Morgan fingerprint density at radius 1 is 1.56 bits per heavy atom. The normalized spacial score (nSPS) is 17.7. The molecule has 16 heavy (non-hydrogen) atoms. The van der Waals surface area contributed by atoms with Gasteiger partial charge in [-0.25, -0.2) is 4.98 Å². The fraction of sp³-hybridized carbons (Fsp3) is 0.667. The first kappa shape index (κ1) is 11.5. The summed E-state index contributed by atoms with van der Waals surface area (Å²) >= 11 is 5.51. The summed E-state index contributed by atoms with van der Waals surface area (Å²) in [4.78, 5) is 17.4. The van der Waals surface area contributed by atoms with Crippen molar-refractivity contribution in [3.8, 4) is 0 Å². The van der Waals surface area contributed by atoms with Crippen molar-refractivity contribution in [3.63, 3.8) is 0 Å². The van der Waals surface area contributed by atoms with E-state index in [1.165, 1.54) is 0 Å². The van der Waals surface area contributed by atoms with Gasteiger partial charge in [-0.15, -0.1) is 11.6 Å². The van der Waals surface area contributed by atoms with E-state index in [2.05, 4.69) is 10.1 Å². The molecule has 0 unspecified atom stereocenters. The van der Waals surface area contributed by atoms with E-state index in [-0.39, 0.29) is 17.7 Å². The summed E-state index contributed by atoms with van der Waals surface area (Å²) in [5.41, 5.74) is 0.661. The van der Waals surface area contributed by atoms with Crippen LogP contribution in [0.25, 0.3) is 0 Å². The molecule has 1 amide bonds. The Balaban J connectivity index is 1.92. The van der Waals surface area contributed by atoms with Gasteiger partial charge in [-0.05, 0) is 12.8 Å². The summed E-state index contributed by atoms with van der Waals surface area (Å²) in [7, 11) is 1.80. The van der Waals surface area contributed by atoms with Crippen molar-refractivity contribution in [2.24, 2.45) is 0 Å². The minimum Gasteiger partial charge on any atom is -0.342 e. The average molecular weight is 241 g/mol. The first-order valence-corrected chi connectivity index (χ1v) is 5.88. The third kappa shape index (κ3) is 2.37. The zero-order valence-electron chi connectivity index (χ0n) is 9.15. The summed E-state index contributed by atoms with van der Waals surface area (Å²) in [5.74, 6) is 1.03. The maximum Gasteiger partial charge on any atom is 0.237 e. The van der Waals surface area contributed by atoms with Gasteiger partial charge in [-0.2, -0.15) is 0 Å². The number of aromatic nitrogens is 2. The summed E-state index contributed by atoms with van der Waals surface area (Å²) in [5, 5.41) is 3.77. The van der Waals surface area contributed by atoms with Crippen molar-refractivity contribution in [2.45, 2.75) is 18.8 Å². The molecule has 0 N–H and O–H groups in total. The second-order valence-electron chi connectivity index (χ2n) is 3.97. The molecule has 7 heteroatoms. The van der Waals surface area contributed by atoms with Crippen LogP contribution in [0.3, 0.4) is 0 Å². The van der Waals surface area contributed by atoms with Gasteiger partial charge in [0, 0.05) is 19.0 Å². The van der Waals surface area contributed by atoms with E-state index in [0.717, 1.165) is 25.9 Å². The number of piperidine rings is 1. The van der Waals surface area contributed by atoms with Gasteiger partial charge in [0.05, 0.1) is 0 Å². The van der Waals surface area contributed by atoms with E-state index in [0.29, 0.717) is 11.6 Å². The van der Waals surface area contributed by atoms with Gasteiger partial charge in [-0.3, -0.25) is 4.79 Å². The lowest BCUT2D eigenvalue weighted by Crippen LogP contribution is -2.38. The molecule has 1 fully saturated rings. The second-order valence-corrected chi connectivity index (χ2v) is 4.24. The molecule has 1 aromatic rings. The van der Waals surface area contributed by atoms with Gasteiger partial charge < -0.3 is 9.42 Å². The average Bonchev–Trinajstić information content (AvgIpc) is 2.75. The molecular weight excluding hydrogens is 228 g/mol. The summed E-state index contributed by atoms with van der Waals surface area (Å²) in [6, 6.07) is 0. The number of nitrogens with zero attached hydrogens (tertiary/aromatic N) is 3. The number of alkyl halides is 1. The molecule has 0 spiro atoms. The number of carbonyl (C=O) groups is 1. The summed E-state index contributed by atoms with van der Waals surface area (Å²) in [6.07, 6.45) is 1.73. The van der Waals surface area contributed by atoms with E-state index in [4.69, 9.17) is 16.1 Å². The van der Waals surface area contributed by atoms with Gasteiger partial charge in [-0.1, -0.05) is 5.16 Å². The lowest BCUT2D eigenvalue weighted by molar-refractivity contribution is -0.129. The maximum absolute atomic E-state index is 11.4. The topological polar surface area (TPSA) is 59.2 Å². The molecule has 1 aliphatic rings. The number of amides is 1. The molecule has 0 aliphatic carbocycles. The number of hydrogen-bond donors (Lipinski definition) is 0. The standard InChI is InChI=1S/C9H13BClN3O2/c10-9-12-8(16-13-9)6-1-3-14(4-2-6)7(15)5-11/h6H,1-5,10H2. The third-order valence-electron chi connectivity index (χ3n) is 2.85. The second kappa shape index (κ2) is 4.87. The highest BCUT2D eigenvalue weighted by Gasteiger charge is 2.26. The summed E-state index contributed by atoms with van der Waals surface area (Å²) in [6.45, 7) is 1.44. The smallest absolute Gasteiger partial charge is 0.237 e. The molecule has 0 aromatic carbocycles. The maximum atomic E-state index is 11.4. The Morgan fingerprint density at radius 2 is 2.25 bits per heavy atom. The van der Waals surface area contributed by atoms with Crippen molar-refractivity contribution in [1.82, 2.24) is 15.0 Å². The summed E-state index contributed by atoms with van der Waals surface area (Å²) < 4.78 is 5.14. The predicted molar refractivity (Wildman–Crippen MR) is 61.8 cm³/mol. The van der Waals surface area contributed by atoms with Crippen LogP contribution >= 0.6 is 11.6 Å². The van der Waals surface area contributed by atoms with E-state index in [9.17, 15) is 4.79 Å². The van der Waals surface area contributed by atoms with Crippen LogP contribution in [0, 0.1) is 0 Å². The van der Waals surface area contributed by atoms with Crippen LogP contribution in [0.1, 0.15) is 24.7 Å². The van der Waals surface area contributed by atoms with Gasteiger partial charge in [0.25, 0.3) is 0 Å². The highest BCUT2D eigenvalue weighted by Crippen LogP contribution is 2.25. The van der Waals surface area contributed by atoms with Crippen molar-refractivity contribution in [1.29, 1.82) is 0 Å². The molecule has 0 bridgehead atoms. The Hall–Kier alpha value is -1.04. The van der Waals surface area contributed by atoms with Gasteiger partial charge in [0.15, 0.2) is 7.85 Å². The lowest BCUT2D eigenvalue weighted by atomic mass is 9.96. The molecule has 5 nitrogen and oxygen atoms in total. The predicted octanol–water partition coefficient (Wildman–Crippen LogP) is -0.727. The number of hydrogen-bond acceptors (Lipinski definition) is 4. The first-order chi connectivity index (χ1) is 7.70. The molecule has 1 aromatic heterocycles. The lowest BCUT2D eigenvalue weighted by Gasteiger charge is -2.29. The van der Waals surface area contributed by atoms with Crippen LogP contribution in [0.2, 0.25) is 0 Å². The number of carbonyl (C=O) groups excluding carboxylic acids is 1. The Morgan fingerprint density at radius 3 is 2.75 bits per heavy atom. The fourth-order valence-electron chi connectivity index (χ4n) is 1.94. The quantitative estimate of drug-likeness (QED) is 0.506. The Bertz CT molecular complexity index is 377. The van der Waals surface area contributed by atoms with Gasteiger partial charge in [0.1, 0.15) is 11.6 Å². The largest absolute Gasteiger partial charge is 0.342 e. The van der Waals surface area contributed by atoms with Crippen molar-refractivity contribution in [2.75, 3.05) is 19.0 Å². The van der Waals surface area contributed by atoms with E-state index >= 15 is 0 Å². The molecule has 1 saturated heterocycles.